The lowest BCUT2D eigenvalue weighted by Crippen LogP contribution is -2.35. The monoisotopic (exact) mass is 836 g/mol. The van der Waals surface area contributed by atoms with Gasteiger partial charge in [0, 0.05) is 61.1 Å². The molecule has 310 valence electrons. The van der Waals surface area contributed by atoms with Crippen LogP contribution in [0.4, 0.5) is 28.4 Å². The summed E-state index contributed by atoms with van der Waals surface area (Å²) in [4.78, 5) is 4.78. The number of anilines is 5. The molecule has 0 spiro atoms. The minimum atomic E-state index is 0.112. The first-order chi connectivity index (χ1) is 32.1. The molecule has 65 heavy (non-hydrogen) atoms. The van der Waals surface area contributed by atoms with E-state index in [1.165, 1.54) is 11.1 Å². The van der Waals surface area contributed by atoms with Crippen LogP contribution < -0.4 is 9.80 Å². The van der Waals surface area contributed by atoms with Gasteiger partial charge in [-0.2, -0.15) is 0 Å². The van der Waals surface area contributed by atoms with Crippen molar-refractivity contribution in [2.24, 2.45) is 5.92 Å². The standard InChI is InChI=1S/C61H44N2O2/c1-41-40-45(32-39-57(41)63(47-16-6-3-7-17-47)50-37-30-44(31-38-50)52-21-13-23-56-54-19-9-11-25-59(54)65-61(52)56)42-26-33-48(34-27-42)62(46-14-4-2-5-15-46)49-35-28-43(29-36-49)51-20-12-22-55-53-18-8-10-24-58(53)64-60(51)55/h2-41,57H,1H3. The SMILES string of the molecule is CC1C=C(c2ccc(N(c3ccccc3)c3ccc(-c4cccc5c4oc4ccccc45)cc3)cc2)C=CC1N(c1ccccc1)c1ccc(-c2cccc3c2oc2ccccc23)cc1. The average molecular weight is 837 g/mol. The van der Waals surface area contributed by atoms with Crippen LogP contribution in [0.25, 0.3) is 71.7 Å². The molecule has 2 heterocycles. The molecule has 2 atom stereocenters. The van der Waals surface area contributed by atoms with E-state index in [9.17, 15) is 0 Å². The lowest BCUT2D eigenvalue weighted by Gasteiger charge is -2.37. The van der Waals surface area contributed by atoms with Crippen LogP contribution in [0.3, 0.4) is 0 Å². The van der Waals surface area contributed by atoms with Gasteiger partial charge in [-0.05, 0) is 101 Å². The quantitative estimate of drug-likeness (QED) is 0.145. The minimum Gasteiger partial charge on any atom is -0.455 e. The van der Waals surface area contributed by atoms with Crippen LogP contribution in [0.1, 0.15) is 12.5 Å². The van der Waals surface area contributed by atoms with Crippen LogP contribution in [0.2, 0.25) is 0 Å². The molecule has 0 bridgehead atoms. The molecule has 0 fully saturated rings. The van der Waals surface area contributed by atoms with Crippen molar-refractivity contribution >= 4 is 77.9 Å². The van der Waals surface area contributed by atoms with E-state index >= 15 is 0 Å². The Kier molecular flexibility index (Phi) is 9.49. The van der Waals surface area contributed by atoms with E-state index in [2.05, 4.69) is 229 Å². The average Bonchev–Trinajstić information content (AvgIpc) is 3.95. The number of rotatable bonds is 9. The van der Waals surface area contributed by atoms with Gasteiger partial charge in [0.2, 0.25) is 0 Å². The van der Waals surface area contributed by atoms with Gasteiger partial charge in [0.05, 0.1) is 6.04 Å². The molecule has 0 amide bonds. The van der Waals surface area contributed by atoms with Gasteiger partial charge >= 0.3 is 0 Å². The summed E-state index contributed by atoms with van der Waals surface area (Å²) in [5, 5.41) is 4.55. The molecule has 4 heteroatoms. The fourth-order valence-electron chi connectivity index (χ4n) is 9.78. The summed E-state index contributed by atoms with van der Waals surface area (Å²) < 4.78 is 12.8. The van der Waals surface area contributed by atoms with Crippen LogP contribution in [0, 0.1) is 5.92 Å². The molecule has 9 aromatic carbocycles. The molecular formula is C61H44N2O2. The van der Waals surface area contributed by atoms with Gasteiger partial charge in [-0.25, -0.2) is 0 Å². The fourth-order valence-corrected chi connectivity index (χ4v) is 9.78. The first-order valence-corrected chi connectivity index (χ1v) is 22.4. The number of hydrogen-bond acceptors (Lipinski definition) is 4. The lowest BCUT2D eigenvalue weighted by molar-refractivity contribution is 0.611. The smallest absolute Gasteiger partial charge is 0.143 e. The van der Waals surface area contributed by atoms with E-state index < -0.39 is 0 Å². The molecule has 1 aliphatic rings. The van der Waals surface area contributed by atoms with E-state index in [0.717, 1.165) is 94.6 Å². The molecule has 0 radical (unpaired) electrons. The van der Waals surface area contributed by atoms with E-state index in [-0.39, 0.29) is 12.0 Å². The predicted molar refractivity (Wildman–Crippen MR) is 272 cm³/mol. The predicted octanol–water partition coefficient (Wildman–Crippen LogP) is 17.1. The lowest BCUT2D eigenvalue weighted by atomic mass is 9.88. The topological polar surface area (TPSA) is 32.8 Å². The zero-order chi connectivity index (χ0) is 43.3. The van der Waals surface area contributed by atoms with Gasteiger partial charge in [0.1, 0.15) is 22.3 Å². The van der Waals surface area contributed by atoms with Gasteiger partial charge in [0.25, 0.3) is 0 Å². The molecular weight excluding hydrogens is 793 g/mol. The summed E-state index contributed by atoms with van der Waals surface area (Å²) in [5.74, 6) is 0.226. The Hall–Kier alpha value is -8.34. The second-order valence-corrected chi connectivity index (χ2v) is 16.9. The van der Waals surface area contributed by atoms with E-state index in [0.29, 0.717) is 0 Å². The molecule has 12 rings (SSSR count). The van der Waals surface area contributed by atoms with Gasteiger partial charge < -0.3 is 18.6 Å². The van der Waals surface area contributed by atoms with Crippen LogP contribution in [-0.4, -0.2) is 6.04 Å². The number of hydrogen-bond donors (Lipinski definition) is 0. The van der Waals surface area contributed by atoms with Crippen molar-refractivity contribution in [1.29, 1.82) is 0 Å². The third-order valence-electron chi connectivity index (χ3n) is 13.0. The second-order valence-electron chi connectivity index (χ2n) is 16.9. The molecule has 0 aliphatic heterocycles. The normalized spacial score (nSPS) is 14.9. The Bertz CT molecular complexity index is 3550. The number of nitrogens with zero attached hydrogens (tertiary/aromatic N) is 2. The van der Waals surface area contributed by atoms with Crippen LogP contribution >= 0.6 is 0 Å². The van der Waals surface area contributed by atoms with Crippen molar-refractivity contribution in [3.05, 3.63) is 242 Å². The number of para-hydroxylation sites is 6. The third kappa shape index (κ3) is 6.88. The zero-order valence-corrected chi connectivity index (χ0v) is 35.9. The largest absolute Gasteiger partial charge is 0.455 e. The molecule has 2 aromatic heterocycles. The Morgan fingerprint density at radius 1 is 0.369 bits per heavy atom. The Labute approximate surface area is 378 Å². The molecule has 2 unspecified atom stereocenters. The highest BCUT2D eigenvalue weighted by atomic mass is 16.3. The summed E-state index contributed by atoms with van der Waals surface area (Å²) in [6.45, 7) is 2.32. The van der Waals surface area contributed by atoms with Crippen molar-refractivity contribution < 1.29 is 8.83 Å². The Morgan fingerprint density at radius 2 is 0.785 bits per heavy atom. The minimum absolute atomic E-state index is 0.112. The molecule has 0 N–H and O–H groups in total. The number of allylic oxidation sites excluding steroid dienone is 2. The van der Waals surface area contributed by atoms with Crippen molar-refractivity contribution in [1.82, 2.24) is 0 Å². The molecule has 0 saturated heterocycles. The van der Waals surface area contributed by atoms with E-state index in [1.54, 1.807) is 0 Å². The van der Waals surface area contributed by atoms with Gasteiger partial charge in [-0.15, -0.1) is 0 Å². The summed E-state index contributed by atoms with van der Waals surface area (Å²) in [6, 6.07) is 77.5. The van der Waals surface area contributed by atoms with Gasteiger partial charge in [-0.1, -0.05) is 171 Å². The number of furan rings is 2. The summed E-state index contributed by atoms with van der Waals surface area (Å²) in [6.07, 6.45) is 7.08. The van der Waals surface area contributed by atoms with Crippen LogP contribution in [-0.2, 0) is 0 Å². The van der Waals surface area contributed by atoms with E-state index in [1.807, 2.05) is 24.3 Å². The van der Waals surface area contributed by atoms with Gasteiger partial charge in [0.15, 0.2) is 0 Å². The molecule has 4 nitrogen and oxygen atoms in total. The Morgan fingerprint density at radius 3 is 1.31 bits per heavy atom. The first-order valence-electron chi connectivity index (χ1n) is 22.4. The fraction of sp³-hybridized carbons (Fsp3) is 0.0492. The highest BCUT2D eigenvalue weighted by molar-refractivity contribution is 6.10. The van der Waals surface area contributed by atoms with Gasteiger partial charge in [-0.3, -0.25) is 0 Å². The van der Waals surface area contributed by atoms with E-state index in [4.69, 9.17) is 8.83 Å². The van der Waals surface area contributed by atoms with Crippen molar-refractivity contribution in [2.45, 2.75) is 13.0 Å². The van der Waals surface area contributed by atoms with Crippen LogP contribution in [0.5, 0.6) is 0 Å². The summed E-state index contributed by atoms with van der Waals surface area (Å²) in [5.41, 5.74) is 16.1. The van der Waals surface area contributed by atoms with Crippen molar-refractivity contribution in [2.75, 3.05) is 9.80 Å². The summed E-state index contributed by atoms with van der Waals surface area (Å²) >= 11 is 0. The maximum Gasteiger partial charge on any atom is 0.143 e. The second kappa shape index (κ2) is 16.1. The zero-order valence-electron chi connectivity index (χ0n) is 35.9. The number of fused-ring (bicyclic) bond motifs is 6. The Balaban J connectivity index is 0.823. The maximum absolute atomic E-state index is 6.40. The highest BCUT2D eigenvalue weighted by Crippen LogP contribution is 2.42. The molecule has 0 saturated carbocycles. The first kappa shape index (κ1) is 38.3. The molecule has 1 aliphatic carbocycles. The number of benzene rings is 9. The molecule has 11 aromatic rings. The maximum atomic E-state index is 6.40. The third-order valence-corrected chi connectivity index (χ3v) is 13.0. The van der Waals surface area contributed by atoms with Crippen molar-refractivity contribution in [3.63, 3.8) is 0 Å². The highest BCUT2D eigenvalue weighted by Gasteiger charge is 2.27. The van der Waals surface area contributed by atoms with Crippen LogP contribution in [0.15, 0.2) is 245 Å². The summed E-state index contributed by atoms with van der Waals surface area (Å²) in [7, 11) is 0. The van der Waals surface area contributed by atoms with Crippen molar-refractivity contribution in [3.8, 4) is 22.3 Å².